The number of unbranched alkanes of at least 4 members (excludes halogenated alkanes) is 12. The summed E-state index contributed by atoms with van der Waals surface area (Å²) in [6, 6.07) is 0. The van der Waals surface area contributed by atoms with Gasteiger partial charge in [0.15, 0.2) is 0 Å². The molecule has 9 heteroatoms. The highest BCUT2D eigenvalue weighted by molar-refractivity contribution is 7.47. The zero-order chi connectivity index (χ0) is 33.5. The van der Waals surface area contributed by atoms with E-state index in [1.165, 1.54) is 51.4 Å². The number of likely N-dealkylation sites (N-methyl/N-ethyl adjacent to an activating group) is 1. The lowest BCUT2D eigenvalue weighted by Gasteiger charge is -2.24. The Morgan fingerprint density at radius 1 is 0.711 bits per heavy atom. The van der Waals surface area contributed by atoms with Crippen LogP contribution in [0, 0.1) is 0 Å². The van der Waals surface area contributed by atoms with Crippen molar-refractivity contribution in [3.8, 4) is 0 Å². The van der Waals surface area contributed by atoms with Crippen molar-refractivity contribution < 1.29 is 37.3 Å². The molecule has 0 radical (unpaired) electrons. The van der Waals surface area contributed by atoms with E-state index in [4.69, 9.17) is 18.5 Å². The number of phosphoric ester groups is 1. The van der Waals surface area contributed by atoms with Gasteiger partial charge in [-0.2, -0.15) is 0 Å². The molecule has 0 saturated heterocycles. The molecule has 0 rings (SSSR count). The minimum atomic E-state index is -4.26. The molecule has 0 aromatic heterocycles. The second-order valence-electron chi connectivity index (χ2n) is 12.9. The Morgan fingerprint density at radius 2 is 1.29 bits per heavy atom. The number of phosphoric acid groups is 1. The van der Waals surface area contributed by atoms with E-state index in [0.29, 0.717) is 24.1 Å². The average Bonchev–Trinajstić information content (AvgIpc) is 2.98. The lowest BCUT2D eigenvalue weighted by molar-refractivity contribution is -0.870. The maximum atomic E-state index is 12.5. The minimum absolute atomic E-state index is 0.0855. The van der Waals surface area contributed by atoms with Crippen molar-refractivity contribution in [1.29, 1.82) is 0 Å². The number of carbonyl (C=O) groups is 1. The molecule has 0 aliphatic carbocycles. The molecule has 0 aromatic carbocycles. The van der Waals surface area contributed by atoms with Gasteiger partial charge in [-0.3, -0.25) is 13.8 Å². The molecule has 2 atom stereocenters. The Labute approximate surface area is 276 Å². The van der Waals surface area contributed by atoms with E-state index in [1.807, 2.05) is 21.1 Å². The third-order valence-electron chi connectivity index (χ3n) is 7.22. The molecule has 0 amide bonds. The van der Waals surface area contributed by atoms with Crippen LogP contribution >= 0.6 is 7.82 Å². The number of carbonyl (C=O) groups excluding carboxylic acids is 1. The van der Waals surface area contributed by atoms with Crippen molar-refractivity contribution in [3.05, 3.63) is 36.5 Å². The highest BCUT2D eigenvalue weighted by Crippen LogP contribution is 2.43. The van der Waals surface area contributed by atoms with Gasteiger partial charge in [0, 0.05) is 13.0 Å². The van der Waals surface area contributed by atoms with Crippen molar-refractivity contribution in [2.24, 2.45) is 0 Å². The summed E-state index contributed by atoms with van der Waals surface area (Å²) >= 11 is 0. The molecule has 0 aliphatic rings. The van der Waals surface area contributed by atoms with Gasteiger partial charge in [-0.05, 0) is 44.9 Å². The molecule has 0 saturated carbocycles. The third kappa shape index (κ3) is 33.9. The molecule has 0 aromatic rings. The fourth-order valence-corrected chi connectivity index (χ4v) is 5.19. The normalized spacial score (nSPS) is 14.5. The second-order valence-corrected chi connectivity index (χ2v) is 14.3. The fraction of sp³-hybridized carbons (Fsp3) is 0.806. The van der Waals surface area contributed by atoms with Crippen LogP contribution < -0.4 is 0 Å². The van der Waals surface area contributed by atoms with Crippen LogP contribution in [0.3, 0.4) is 0 Å². The largest absolute Gasteiger partial charge is 0.472 e. The van der Waals surface area contributed by atoms with E-state index in [9.17, 15) is 14.3 Å². The van der Waals surface area contributed by atoms with Crippen LogP contribution in [0.25, 0.3) is 0 Å². The number of hydrogen-bond donors (Lipinski definition) is 1. The van der Waals surface area contributed by atoms with E-state index < -0.39 is 13.9 Å². The zero-order valence-electron chi connectivity index (χ0n) is 29.6. The highest BCUT2D eigenvalue weighted by atomic mass is 31.2. The Bertz CT molecular complexity index is 823. The second kappa shape index (κ2) is 30.1. The number of rotatable bonds is 32. The summed E-state index contributed by atoms with van der Waals surface area (Å²) in [5.74, 6) is -0.328. The third-order valence-corrected chi connectivity index (χ3v) is 8.20. The van der Waals surface area contributed by atoms with Gasteiger partial charge in [0.2, 0.25) is 0 Å². The summed E-state index contributed by atoms with van der Waals surface area (Å²) in [6.07, 6.45) is 31.8. The molecule has 45 heavy (non-hydrogen) atoms. The van der Waals surface area contributed by atoms with Crippen molar-refractivity contribution in [2.45, 2.75) is 136 Å². The molecule has 2 unspecified atom stereocenters. The Hall–Kier alpha value is -1.28. The van der Waals surface area contributed by atoms with Gasteiger partial charge in [0.05, 0.1) is 34.4 Å². The van der Waals surface area contributed by atoms with Gasteiger partial charge in [-0.1, -0.05) is 115 Å². The van der Waals surface area contributed by atoms with Crippen LogP contribution in [0.15, 0.2) is 36.5 Å². The Balaban J connectivity index is 4.27. The topological polar surface area (TPSA) is 91.3 Å². The van der Waals surface area contributed by atoms with E-state index in [0.717, 1.165) is 57.8 Å². The molecule has 0 bridgehead atoms. The molecule has 1 N–H and O–H groups in total. The van der Waals surface area contributed by atoms with Crippen LogP contribution in [0.5, 0.6) is 0 Å². The fourth-order valence-electron chi connectivity index (χ4n) is 4.45. The molecule has 0 spiro atoms. The lowest BCUT2D eigenvalue weighted by Crippen LogP contribution is -2.37. The number of esters is 1. The first kappa shape index (κ1) is 43.7. The van der Waals surface area contributed by atoms with Crippen LogP contribution in [-0.2, 0) is 27.9 Å². The van der Waals surface area contributed by atoms with Gasteiger partial charge in [0.25, 0.3) is 0 Å². The van der Waals surface area contributed by atoms with Crippen molar-refractivity contribution in [1.82, 2.24) is 0 Å². The van der Waals surface area contributed by atoms with E-state index in [1.54, 1.807) is 0 Å². The summed E-state index contributed by atoms with van der Waals surface area (Å²) in [5.41, 5.74) is 0. The summed E-state index contributed by atoms with van der Waals surface area (Å²) < 4.78 is 34.6. The van der Waals surface area contributed by atoms with Gasteiger partial charge in [-0.15, -0.1) is 0 Å². The smallest absolute Gasteiger partial charge is 0.457 e. The Kier molecular flexibility index (Phi) is 29.2. The van der Waals surface area contributed by atoms with E-state index in [-0.39, 0.29) is 25.8 Å². The maximum absolute atomic E-state index is 12.5. The number of quaternary nitrogens is 1. The first-order valence-corrected chi connectivity index (χ1v) is 19.2. The number of ether oxygens (including phenoxy) is 2. The highest BCUT2D eigenvalue weighted by Gasteiger charge is 2.26. The van der Waals surface area contributed by atoms with Crippen molar-refractivity contribution >= 4 is 13.8 Å². The van der Waals surface area contributed by atoms with Crippen molar-refractivity contribution in [2.75, 3.05) is 54.1 Å². The molecule has 0 heterocycles. The van der Waals surface area contributed by atoms with Gasteiger partial charge < -0.3 is 18.9 Å². The Morgan fingerprint density at radius 3 is 1.93 bits per heavy atom. The summed E-state index contributed by atoms with van der Waals surface area (Å²) in [4.78, 5) is 22.6. The molecule has 0 aliphatic heterocycles. The van der Waals surface area contributed by atoms with E-state index in [2.05, 4.69) is 50.3 Å². The molecule has 0 fully saturated rings. The average molecular weight is 659 g/mol. The molecule has 264 valence electrons. The van der Waals surface area contributed by atoms with E-state index >= 15 is 0 Å². The summed E-state index contributed by atoms with van der Waals surface area (Å²) in [5, 5.41) is 0. The molecule has 8 nitrogen and oxygen atoms in total. The summed E-state index contributed by atoms with van der Waals surface area (Å²) in [6.45, 7) is 5.42. The van der Waals surface area contributed by atoms with Gasteiger partial charge in [0.1, 0.15) is 19.3 Å². The number of allylic oxidation sites excluding steroid dienone is 6. The molecular weight excluding hydrogens is 589 g/mol. The predicted molar refractivity (Wildman–Crippen MR) is 187 cm³/mol. The van der Waals surface area contributed by atoms with Crippen molar-refractivity contribution in [3.63, 3.8) is 0 Å². The SMILES string of the molecule is CC/C=C\C/C=C\C/C=C\CCCCCCCCOCC(COP(=O)(O)OCC[N+](C)(C)C)OC(=O)CCCCCCCCC. The van der Waals surface area contributed by atoms with Gasteiger partial charge in [-0.25, -0.2) is 4.57 Å². The lowest BCUT2D eigenvalue weighted by atomic mass is 10.1. The number of nitrogens with zero attached hydrogens (tertiary/aromatic N) is 1. The predicted octanol–water partition coefficient (Wildman–Crippen LogP) is 9.48. The first-order chi connectivity index (χ1) is 21.6. The first-order valence-electron chi connectivity index (χ1n) is 17.7. The molecular formula is C36H69NO7P+. The van der Waals surface area contributed by atoms with Crippen LogP contribution in [0.2, 0.25) is 0 Å². The van der Waals surface area contributed by atoms with Crippen LogP contribution in [0.4, 0.5) is 0 Å². The minimum Gasteiger partial charge on any atom is -0.457 e. The van der Waals surface area contributed by atoms with Crippen LogP contribution in [-0.4, -0.2) is 75.6 Å². The summed E-state index contributed by atoms with van der Waals surface area (Å²) in [7, 11) is 1.65. The standard InChI is InChI=1S/C36H68NO7P/c1-6-8-10-12-14-15-16-17-18-19-20-21-22-24-26-28-31-41-33-35(34-43-45(39,40)42-32-30-37(3,4)5)44-36(38)29-27-25-23-13-11-9-7-2/h8,10,14-15,17-18,35H,6-7,9,11-13,16,19-34H2,1-5H3/p+1/b10-8-,15-14-,18-17-. The number of hydrogen-bond acceptors (Lipinski definition) is 6. The zero-order valence-corrected chi connectivity index (χ0v) is 30.5. The van der Waals surface area contributed by atoms with Gasteiger partial charge >= 0.3 is 13.8 Å². The quantitative estimate of drug-likeness (QED) is 0.0253. The monoisotopic (exact) mass is 658 g/mol. The maximum Gasteiger partial charge on any atom is 0.472 e. The van der Waals surface area contributed by atoms with Crippen LogP contribution in [0.1, 0.15) is 129 Å².